The van der Waals surface area contributed by atoms with Gasteiger partial charge in [0.15, 0.2) is 11.6 Å². The third-order valence-electron chi connectivity index (χ3n) is 12.9. The number of fused-ring (bicyclic) bond motifs is 1. The molecule has 3 aromatic carbocycles. The van der Waals surface area contributed by atoms with Crippen LogP contribution in [0.15, 0.2) is 101 Å². The van der Waals surface area contributed by atoms with Crippen molar-refractivity contribution in [3.05, 3.63) is 129 Å². The minimum Gasteiger partial charge on any atom is -0.490 e. The summed E-state index contributed by atoms with van der Waals surface area (Å²) < 4.78 is 8.75. The second-order valence-corrected chi connectivity index (χ2v) is 17.4. The van der Waals surface area contributed by atoms with Gasteiger partial charge in [0.25, 0.3) is 17.0 Å². The maximum atomic E-state index is 13.6. The monoisotopic (exact) mass is 901 g/mol. The molecule has 342 valence electrons. The standard InChI is InChI=1S/C50H51N11O6/c1-33-41-11-10-39(27-42(41)50(66)61(55-33)44-13-14-45(62)54-49(44)65)58-21-23-59(24-22-58)46(63)9-4-18-57-19-16-34(17-20-57)32-67-40-29-52-48(53-30-40)38-8-3-6-36(26-38)31-60-47(64)15-12-43(56-60)37-7-2-5-35(25-37)28-51/h2-3,5-8,10-12,15,25-27,29-30,34,44H,4,9,13-14,16-24,31-32H2,1H3,(H,54,62,65). The van der Waals surface area contributed by atoms with Crippen molar-refractivity contribution in [2.75, 3.05) is 57.3 Å². The van der Waals surface area contributed by atoms with Gasteiger partial charge in [0.1, 0.15) is 6.04 Å². The number of benzene rings is 3. The molecule has 3 amide bonds. The number of nitrogens with one attached hydrogen (secondary N) is 1. The van der Waals surface area contributed by atoms with Crippen molar-refractivity contribution in [1.29, 1.82) is 5.26 Å². The highest BCUT2D eigenvalue weighted by molar-refractivity contribution is 5.99. The minimum absolute atomic E-state index is 0.156. The Morgan fingerprint density at radius 2 is 1.61 bits per heavy atom. The molecule has 0 spiro atoms. The molecular formula is C50H51N11O6. The number of nitrogens with zero attached hydrogens (tertiary/aromatic N) is 10. The van der Waals surface area contributed by atoms with Gasteiger partial charge in [0.05, 0.1) is 54.0 Å². The number of carbonyl (C=O) groups excluding carboxylic acids is 3. The van der Waals surface area contributed by atoms with Crippen LogP contribution in [0.3, 0.4) is 0 Å². The van der Waals surface area contributed by atoms with Gasteiger partial charge in [-0.25, -0.2) is 19.3 Å². The number of hydrogen-bond donors (Lipinski definition) is 1. The third kappa shape index (κ3) is 10.3. The predicted octanol–water partition coefficient (Wildman–Crippen LogP) is 4.50. The summed E-state index contributed by atoms with van der Waals surface area (Å²) in [5.41, 5.74) is 4.48. The quantitative estimate of drug-likeness (QED) is 0.159. The van der Waals surface area contributed by atoms with Crippen molar-refractivity contribution in [2.24, 2.45) is 5.92 Å². The minimum atomic E-state index is -0.829. The lowest BCUT2D eigenvalue weighted by Gasteiger charge is -2.36. The van der Waals surface area contributed by atoms with Crippen molar-refractivity contribution in [2.45, 2.75) is 58.0 Å². The molecule has 0 saturated carbocycles. The number of hydrogen-bond acceptors (Lipinski definition) is 13. The first-order valence-corrected chi connectivity index (χ1v) is 22.8. The predicted molar refractivity (Wildman–Crippen MR) is 250 cm³/mol. The van der Waals surface area contributed by atoms with Crippen LogP contribution in [-0.2, 0) is 20.9 Å². The van der Waals surface area contributed by atoms with Crippen LogP contribution in [0.25, 0.3) is 33.4 Å². The number of likely N-dealkylation sites (tertiary alicyclic amines) is 1. The Balaban J connectivity index is 0.695. The Kier molecular flexibility index (Phi) is 13.2. The fourth-order valence-corrected chi connectivity index (χ4v) is 9.13. The highest BCUT2D eigenvalue weighted by Crippen LogP contribution is 2.26. The molecule has 1 atom stereocenters. The van der Waals surface area contributed by atoms with Crippen LogP contribution in [0.2, 0.25) is 0 Å². The van der Waals surface area contributed by atoms with Crippen molar-refractivity contribution in [1.82, 2.24) is 44.6 Å². The zero-order chi connectivity index (χ0) is 46.4. The van der Waals surface area contributed by atoms with Gasteiger partial charge < -0.3 is 19.4 Å². The van der Waals surface area contributed by atoms with Gasteiger partial charge in [-0.05, 0) is 100 Å². The number of ether oxygens (including phenoxy) is 1. The molecule has 3 aliphatic rings. The van der Waals surface area contributed by atoms with E-state index in [1.807, 2.05) is 60.4 Å². The number of rotatable bonds is 13. The second kappa shape index (κ2) is 19.9. The molecule has 3 fully saturated rings. The zero-order valence-electron chi connectivity index (χ0n) is 37.3. The van der Waals surface area contributed by atoms with Gasteiger partial charge in [-0.3, -0.25) is 29.3 Å². The second-order valence-electron chi connectivity index (χ2n) is 17.4. The summed E-state index contributed by atoms with van der Waals surface area (Å²) in [4.78, 5) is 79.5. The molecule has 0 radical (unpaired) electrons. The maximum Gasteiger partial charge on any atom is 0.275 e. The van der Waals surface area contributed by atoms with Crippen molar-refractivity contribution >= 4 is 34.2 Å². The molecular weight excluding hydrogens is 851 g/mol. The highest BCUT2D eigenvalue weighted by Gasteiger charge is 2.31. The van der Waals surface area contributed by atoms with Crippen LogP contribution in [-0.4, -0.2) is 109 Å². The molecule has 17 nitrogen and oxygen atoms in total. The average molecular weight is 902 g/mol. The van der Waals surface area contributed by atoms with Gasteiger partial charge in [-0.15, -0.1) is 0 Å². The van der Waals surface area contributed by atoms with E-state index < -0.39 is 11.9 Å². The number of nitriles is 1. The maximum absolute atomic E-state index is 13.6. The van der Waals surface area contributed by atoms with E-state index in [1.54, 1.807) is 36.7 Å². The van der Waals surface area contributed by atoms with Crippen LogP contribution >= 0.6 is 0 Å². The lowest BCUT2D eigenvalue weighted by Crippen LogP contribution is -2.49. The average Bonchev–Trinajstić information content (AvgIpc) is 3.36. The van der Waals surface area contributed by atoms with Crippen LogP contribution in [0.4, 0.5) is 5.69 Å². The number of anilines is 1. The molecule has 9 rings (SSSR count). The van der Waals surface area contributed by atoms with E-state index in [2.05, 4.69) is 41.4 Å². The van der Waals surface area contributed by atoms with Crippen molar-refractivity contribution in [3.63, 3.8) is 0 Å². The molecule has 3 saturated heterocycles. The normalized spacial score (nSPS) is 17.0. The molecule has 3 aromatic heterocycles. The number of aryl methyl sites for hydroxylation is 1. The number of carbonyl (C=O) groups is 3. The lowest BCUT2D eigenvalue weighted by atomic mass is 9.97. The molecule has 0 aliphatic carbocycles. The van der Waals surface area contributed by atoms with Crippen LogP contribution in [0.5, 0.6) is 5.75 Å². The number of piperazine rings is 1. The number of aromatic nitrogens is 6. The first-order valence-electron chi connectivity index (χ1n) is 22.8. The Bertz CT molecular complexity index is 2980. The van der Waals surface area contributed by atoms with E-state index in [-0.39, 0.29) is 42.3 Å². The van der Waals surface area contributed by atoms with E-state index in [4.69, 9.17) is 4.74 Å². The molecule has 3 aliphatic heterocycles. The molecule has 6 heterocycles. The lowest BCUT2D eigenvalue weighted by molar-refractivity contribution is -0.136. The van der Waals surface area contributed by atoms with Gasteiger partial charge in [-0.1, -0.05) is 36.4 Å². The molecule has 67 heavy (non-hydrogen) atoms. The summed E-state index contributed by atoms with van der Waals surface area (Å²) in [6.07, 6.45) is 7.08. The van der Waals surface area contributed by atoms with Crippen LogP contribution in [0, 0.1) is 24.2 Å². The summed E-state index contributed by atoms with van der Waals surface area (Å²) in [7, 11) is 0. The van der Waals surface area contributed by atoms with Gasteiger partial charge in [0.2, 0.25) is 11.8 Å². The van der Waals surface area contributed by atoms with E-state index >= 15 is 0 Å². The number of piperidine rings is 2. The van der Waals surface area contributed by atoms with Crippen molar-refractivity contribution < 1.29 is 19.1 Å². The van der Waals surface area contributed by atoms with Gasteiger partial charge in [0, 0.05) is 67.3 Å². The third-order valence-corrected chi connectivity index (χ3v) is 12.9. The fourth-order valence-electron chi connectivity index (χ4n) is 9.13. The molecule has 17 heteroatoms. The SMILES string of the molecule is Cc1nn(C2CCC(=O)NC2=O)c(=O)c2cc(N3CCN(C(=O)CCCN4CCC(COc5cnc(-c6cccc(Cn7nc(-c8cccc(C#N)c8)ccc7=O)c6)nc5)CC4)CC3)ccc12. The molecule has 0 bridgehead atoms. The Hall–Kier alpha value is -7.58. The van der Waals surface area contributed by atoms with E-state index in [9.17, 15) is 29.2 Å². The first-order chi connectivity index (χ1) is 32.6. The van der Waals surface area contributed by atoms with E-state index in [1.165, 1.54) is 15.4 Å². The first kappa shape index (κ1) is 44.6. The number of imide groups is 1. The Morgan fingerprint density at radius 3 is 2.39 bits per heavy atom. The van der Waals surface area contributed by atoms with Gasteiger partial charge in [-0.2, -0.15) is 15.5 Å². The van der Waals surface area contributed by atoms with E-state index in [0.29, 0.717) is 79.0 Å². The molecule has 6 aromatic rings. The van der Waals surface area contributed by atoms with Crippen LogP contribution < -0.4 is 26.1 Å². The fraction of sp³-hybridized carbons (Fsp3) is 0.360. The summed E-state index contributed by atoms with van der Waals surface area (Å²) in [5.74, 6) is 0.863. The highest BCUT2D eigenvalue weighted by atomic mass is 16.5. The Morgan fingerprint density at radius 1 is 0.836 bits per heavy atom. The molecule has 1 unspecified atom stereocenters. The smallest absolute Gasteiger partial charge is 0.275 e. The topological polar surface area (TPSA) is 202 Å². The summed E-state index contributed by atoms with van der Waals surface area (Å²) in [5, 5.41) is 21.8. The van der Waals surface area contributed by atoms with Crippen LogP contribution in [0.1, 0.15) is 61.4 Å². The zero-order valence-corrected chi connectivity index (χ0v) is 37.3. The molecule has 1 N–H and O–H groups in total. The van der Waals surface area contributed by atoms with Gasteiger partial charge >= 0.3 is 0 Å². The summed E-state index contributed by atoms with van der Waals surface area (Å²) in [6, 6.07) is 25.0. The summed E-state index contributed by atoms with van der Waals surface area (Å²) in [6.45, 7) is 7.90. The summed E-state index contributed by atoms with van der Waals surface area (Å²) >= 11 is 0. The Labute approximate surface area is 386 Å². The van der Waals surface area contributed by atoms with E-state index in [0.717, 1.165) is 66.7 Å². The number of amides is 3. The largest absolute Gasteiger partial charge is 0.490 e. The van der Waals surface area contributed by atoms with Crippen molar-refractivity contribution in [3.8, 4) is 34.5 Å².